The van der Waals surface area contributed by atoms with Gasteiger partial charge in [0.15, 0.2) is 0 Å². The molecular formula is C14H17ClN2O3. The van der Waals surface area contributed by atoms with Crippen molar-refractivity contribution >= 4 is 29.3 Å². The Kier molecular flexibility index (Phi) is 5.58. The Labute approximate surface area is 123 Å². The number of likely N-dealkylation sites (N-methyl/N-ethyl adjacent to an activating group) is 1. The standard InChI is InChI=1S/C14H17ClN2O3/c1-10(2)8-16(3)14(20)17(9-13(18)19)12-6-4-5-11(15)7-12/h4-7H,1,8-9H2,2-3H3,(H,18,19). The maximum Gasteiger partial charge on any atom is 0.325 e. The molecule has 1 rings (SSSR count). The molecule has 0 radical (unpaired) electrons. The van der Waals surface area contributed by atoms with Crippen LogP contribution < -0.4 is 4.90 Å². The van der Waals surface area contributed by atoms with Crippen molar-refractivity contribution in [3.8, 4) is 0 Å². The molecule has 0 aliphatic carbocycles. The molecule has 0 bridgehead atoms. The third-order valence-corrected chi connectivity index (χ3v) is 2.71. The summed E-state index contributed by atoms with van der Waals surface area (Å²) in [6.45, 7) is 5.46. The molecule has 2 amide bonds. The van der Waals surface area contributed by atoms with E-state index >= 15 is 0 Å². The van der Waals surface area contributed by atoms with Crippen LogP contribution in [0.4, 0.5) is 10.5 Å². The van der Waals surface area contributed by atoms with E-state index in [1.807, 2.05) is 0 Å². The minimum atomic E-state index is -1.10. The lowest BCUT2D eigenvalue weighted by Gasteiger charge is -2.27. The second-order valence-corrected chi connectivity index (χ2v) is 4.99. The van der Waals surface area contributed by atoms with Gasteiger partial charge in [0.1, 0.15) is 6.54 Å². The van der Waals surface area contributed by atoms with Gasteiger partial charge in [-0.2, -0.15) is 0 Å². The Bertz CT molecular complexity index is 531. The molecule has 5 nitrogen and oxygen atoms in total. The number of benzene rings is 1. The van der Waals surface area contributed by atoms with Crippen LogP contribution in [-0.2, 0) is 4.79 Å². The van der Waals surface area contributed by atoms with Gasteiger partial charge in [-0.15, -0.1) is 0 Å². The zero-order valence-corrected chi connectivity index (χ0v) is 12.2. The number of carboxylic acids is 1. The number of aliphatic carboxylic acids is 1. The molecule has 1 aromatic carbocycles. The van der Waals surface area contributed by atoms with E-state index in [9.17, 15) is 9.59 Å². The van der Waals surface area contributed by atoms with Gasteiger partial charge >= 0.3 is 12.0 Å². The first-order chi connectivity index (χ1) is 9.31. The molecule has 20 heavy (non-hydrogen) atoms. The average Bonchev–Trinajstić information content (AvgIpc) is 2.34. The highest BCUT2D eigenvalue weighted by Crippen LogP contribution is 2.20. The summed E-state index contributed by atoms with van der Waals surface area (Å²) in [6, 6.07) is 6.10. The lowest BCUT2D eigenvalue weighted by Crippen LogP contribution is -2.44. The summed E-state index contributed by atoms with van der Waals surface area (Å²) in [5.74, 6) is -1.10. The molecule has 0 aliphatic rings. The van der Waals surface area contributed by atoms with Gasteiger partial charge in [0.2, 0.25) is 0 Å². The van der Waals surface area contributed by atoms with E-state index in [2.05, 4.69) is 6.58 Å². The number of halogens is 1. The minimum absolute atomic E-state index is 0.357. The van der Waals surface area contributed by atoms with Gasteiger partial charge < -0.3 is 10.0 Å². The van der Waals surface area contributed by atoms with Crippen LogP contribution in [0.5, 0.6) is 0 Å². The van der Waals surface area contributed by atoms with Crippen molar-refractivity contribution in [2.24, 2.45) is 0 Å². The smallest absolute Gasteiger partial charge is 0.325 e. The highest BCUT2D eigenvalue weighted by atomic mass is 35.5. The average molecular weight is 297 g/mol. The number of rotatable bonds is 5. The van der Waals surface area contributed by atoms with Crippen molar-refractivity contribution in [2.75, 3.05) is 25.0 Å². The molecule has 0 aliphatic heterocycles. The summed E-state index contributed by atoms with van der Waals surface area (Å²) < 4.78 is 0. The second-order valence-electron chi connectivity index (χ2n) is 4.56. The number of carbonyl (C=O) groups is 2. The lowest BCUT2D eigenvalue weighted by molar-refractivity contribution is -0.135. The van der Waals surface area contributed by atoms with Gasteiger partial charge in [-0.05, 0) is 25.1 Å². The van der Waals surface area contributed by atoms with Gasteiger partial charge in [-0.1, -0.05) is 29.8 Å². The van der Waals surface area contributed by atoms with E-state index in [1.54, 1.807) is 38.2 Å². The molecule has 0 saturated heterocycles. The Morgan fingerprint density at radius 2 is 2.00 bits per heavy atom. The van der Waals surface area contributed by atoms with Crippen molar-refractivity contribution in [1.29, 1.82) is 0 Å². The van der Waals surface area contributed by atoms with E-state index < -0.39 is 18.5 Å². The van der Waals surface area contributed by atoms with E-state index in [0.29, 0.717) is 17.3 Å². The fourth-order valence-corrected chi connectivity index (χ4v) is 1.91. The van der Waals surface area contributed by atoms with Gasteiger partial charge in [0.25, 0.3) is 0 Å². The molecule has 0 fully saturated rings. The predicted molar refractivity (Wildman–Crippen MR) is 79.3 cm³/mol. The normalized spacial score (nSPS) is 9.95. The van der Waals surface area contributed by atoms with Gasteiger partial charge in [-0.3, -0.25) is 9.69 Å². The molecule has 0 spiro atoms. The quantitative estimate of drug-likeness (QED) is 0.850. The third kappa shape index (κ3) is 4.59. The maximum atomic E-state index is 12.3. The predicted octanol–water partition coefficient (Wildman–Crippen LogP) is 2.86. The van der Waals surface area contributed by atoms with Crippen LogP contribution in [0, 0.1) is 0 Å². The highest BCUT2D eigenvalue weighted by molar-refractivity contribution is 6.30. The molecule has 0 aromatic heterocycles. The summed E-state index contributed by atoms with van der Waals surface area (Å²) in [5, 5.41) is 9.40. The SMILES string of the molecule is C=C(C)CN(C)C(=O)N(CC(=O)O)c1cccc(Cl)c1. The number of carboxylic acid groups (broad SMARTS) is 1. The fourth-order valence-electron chi connectivity index (χ4n) is 1.73. The summed E-state index contributed by atoms with van der Waals surface area (Å²) in [4.78, 5) is 25.9. The number of hydrogen-bond donors (Lipinski definition) is 1. The van der Waals surface area contributed by atoms with E-state index in [-0.39, 0.29) is 0 Å². The number of hydrogen-bond acceptors (Lipinski definition) is 2. The Morgan fingerprint density at radius 1 is 1.35 bits per heavy atom. The molecule has 1 N–H and O–H groups in total. The zero-order valence-electron chi connectivity index (χ0n) is 11.5. The first kappa shape index (κ1) is 16.0. The zero-order chi connectivity index (χ0) is 15.3. The number of anilines is 1. The maximum absolute atomic E-state index is 12.3. The molecule has 108 valence electrons. The largest absolute Gasteiger partial charge is 0.480 e. The molecule has 6 heteroatoms. The van der Waals surface area contributed by atoms with Crippen LogP contribution in [-0.4, -0.2) is 42.1 Å². The van der Waals surface area contributed by atoms with Crippen molar-refractivity contribution in [3.05, 3.63) is 41.4 Å². The number of urea groups is 1. The van der Waals surface area contributed by atoms with Crippen LogP contribution in [0.25, 0.3) is 0 Å². The number of amides is 2. The summed E-state index contributed by atoms with van der Waals surface area (Å²) in [7, 11) is 1.59. The van der Waals surface area contributed by atoms with Crippen LogP contribution in [0.15, 0.2) is 36.4 Å². The van der Waals surface area contributed by atoms with Crippen molar-refractivity contribution in [1.82, 2.24) is 4.90 Å². The van der Waals surface area contributed by atoms with Gasteiger partial charge in [0, 0.05) is 24.3 Å². The molecular weight excluding hydrogens is 280 g/mol. The van der Waals surface area contributed by atoms with E-state index in [0.717, 1.165) is 10.5 Å². The highest BCUT2D eigenvalue weighted by Gasteiger charge is 2.22. The lowest BCUT2D eigenvalue weighted by atomic mass is 10.3. The van der Waals surface area contributed by atoms with Crippen molar-refractivity contribution in [3.63, 3.8) is 0 Å². The molecule has 0 heterocycles. The molecule has 0 atom stereocenters. The first-order valence-corrected chi connectivity index (χ1v) is 6.33. The summed E-state index contributed by atoms with van der Waals surface area (Å²) in [6.07, 6.45) is 0. The Morgan fingerprint density at radius 3 is 2.50 bits per heavy atom. The van der Waals surface area contributed by atoms with Gasteiger partial charge in [0.05, 0.1) is 0 Å². The van der Waals surface area contributed by atoms with Gasteiger partial charge in [-0.25, -0.2) is 4.79 Å². The number of carbonyl (C=O) groups excluding carboxylic acids is 1. The minimum Gasteiger partial charge on any atom is -0.480 e. The Balaban J connectivity index is 3.03. The van der Waals surface area contributed by atoms with E-state index in [1.165, 1.54) is 4.90 Å². The number of nitrogens with zero attached hydrogens (tertiary/aromatic N) is 2. The van der Waals surface area contributed by atoms with Crippen LogP contribution in [0.2, 0.25) is 5.02 Å². The van der Waals surface area contributed by atoms with Crippen molar-refractivity contribution in [2.45, 2.75) is 6.92 Å². The topological polar surface area (TPSA) is 60.9 Å². The van der Waals surface area contributed by atoms with Crippen LogP contribution in [0.3, 0.4) is 0 Å². The summed E-state index contributed by atoms with van der Waals surface area (Å²) >= 11 is 5.88. The van der Waals surface area contributed by atoms with E-state index in [4.69, 9.17) is 16.7 Å². The molecule has 0 saturated carbocycles. The van der Waals surface area contributed by atoms with Crippen molar-refractivity contribution < 1.29 is 14.7 Å². The van der Waals surface area contributed by atoms with Crippen LogP contribution in [0.1, 0.15) is 6.92 Å². The first-order valence-electron chi connectivity index (χ1n) is 5.95. The fraction of sp³-hybridized carbons (Fsp3) is 0.286. The third-order valence-electron chi connectivity index (χ3n) is 2.48. The summed E-state index contributed by atoms with van der Waals surface area (Å²) in [5.41, 5.74) is 1.25. The molecule has 0 unspecified atom stereocenters. The molecule has 1 aromatic rings. The van der Waals surface area contributed by atoms with Crippen LogP contribution >= 0.6 is 11.6 Å². The second kappa shape index (κ2) is 6.96. The Hall–Kier alpha value is -2.01. The monoisotopic (exact) mass is 296 g/mol.